The largest absolute Gasteiger partial charge is 0.388 e. The van der Waals surface area contributed by atoms with Gasteiger partial charge >= 0.3 is 0 Å². The Balaban J connectivity index is 0.00000312. The van der Waals surface area contributed by atoms with Gasteiger partial charge in [0, 0.05) is 25.7 Å². The first-order valence-corrected chi connectivity index (χ1v) is 10.1. The van der Waals surface area contributed by atoms with Crippen molar-refractivity contribution in [1.82, 2.24) is 15.5 Å². The molecule has 0 aromatic heterocycles. The van der Waals surface area contributed by atoms with E-state index < -0.39 is 5.60 Å². The molecule has 1 aliphatic carbocycles. The number of halogens is 1. The second-order valence-corrected chi connectivity index (χ2v) is 7.68. The summed E-state index contributed by atoms with van der Waals surface area (Å²) in [6, 6.07) is 0.884. The molecule has 1 saturated carbocycles. The van der Waals surface area contributed by atoms with Gasteiger partial charge in [0.25, 0.3) is 0 Å². The third kappa shape index (κ3) is 7.99. The van der Waals surface area contributed by atoms with Crippen LogP contribution in [0.3, 0.4) is 0 Å². The standard InChI is InChI=1S/C19H38N4O.HI/c1-4-10-19(24,11-5-2)15-22-18(20-6-3)21-13-16-9-12-23(14-16)17-7-8-17;/h16-17,24H,4-15H2,1-3H3,(H2,20,21,22);1H. The van der Waals surface area contributed by atoms with E-state index in [0.717, 1.165) is 56.7 Å². The van der Waals surface area contributed by atoms with Crippen LogP contribution in [0.4, 0.5) is 0 Å². The Bertz CT molecular complexity index is 395. The smallest absolute Gasteiger partial charge is 0.191 e. The van der Waals surface area contributed by atoms with Gasteiger partial charge in [-0.25, -0.2) is 0 Å². The number of aliphatic hydroxyl groups is 1. The number of rotatable bonds is 10. The Hall–Kier alpha value is -0.0800. The summed E-state index contributed by atoms with van der Waals surface area (Å²) in [5.74, 6) is 1.58. The topological polar surface area (TPSA) is 59.9 Å². The Labute approximate surface area is 171 Å². The predicted molar refractivity (Wildman–Crippen MR) is 117 cm³/mol. The van der Waals surface area contributed by atoms with Crippen molar-refractivity contribution in [3.05, 3.63) is 0 Å². The van der Waals surface area contributed by atoms with Crippen LogP contribution in [0.25, 0.3) is 0 Å². The van der Waals surface area contributed by atoms with Crippen LogP contribution in [-0.2, 0) is 0 Å². The fourth-order valence-electron chi connectivity index (χ4n) is 3.82. The summed E-state index contributed by atoms with van der Waals surface area (Å²) in [7, 11) is 0. The number of nitrogens with one attached hydrogen (secondary N) is 2. The molecule has 3 N–H and O–H groups in total. The molecule has 0 radical (unpaired) electrons. The van der Waals surface area contributed by atoms with E-state index >= 15 is 0 Å². The molecular formula is C19H39IN4O. The minimum absolute atomic E-state index is 0. The van der Waals surface area contributed by atoms with E-state index in [9.17, 15) is 5.11 Å². The second kappa shape index (κ2) is 11.6. The Morgan fingerprint density at radius 1 is 1.12 bits per heavy atom. The number of hydrogen-bond donors (Lipinski definition) is 3. The van der Waals surface area contributed by atoms with Crippen LogP contribution in [0.1, 0.15) is 65.7 Å². The summed E-state index contributed by atoms with van der Waals surface area (Å²) in [6.45, 7) is 11.2. The molecular weight excluding hydrogens is 427 g/mol. The lowest BCUT2D eigenvalue weighted by Crippen LogP contribution is -2.42. The van der Waals surface area contributed by atoms with E-state index in [-0.39, 0.29) is 24.0 Å². The fraction of sp³-hybridized carbons (Fsp3) is 0.947. The molecule has 1 unspecified atom stereocenters. The zero-order chi connectivity index (χ0) is 17.4. The summed E-state index contributed by atoms with van der Waals surface area (Å²) < 4.78 is 0. The zero-order valence-corrected chi connectivity index (χ0v) is 18.7. The maximum Gasteiger partial charge on any atom is 0.191 e. The monoisotopic (exact) mass is 466 g/mol. The van der Waals surface area contributed by atoms with Crippen molar-refractivity contribution in [3.63, 3.8) is 0 Å². The van der Waals surface area contributed by atoms with Crippen molar-refractivity contribution >= 4 is 29.9 Å². The summed E-state index contributed by atoms with van der Waals surface area (Å²) in [5.41, 5.74) is -0.651. The molecule has 25 heavy (non-hydrogen) atoms. The quantitative estimate of drug-likeness (QED) is 0.263. The first kappa shape index (κ1) is 23.0. The highest BCUT2D eigenvalue weighted by atomic mass is 127. The normalized spacial score (nSPS) is 21.9. The molecule has 0 aromatic rings. The van der Waals surface area contributed by atoms with Gasteiger partial charge in [-0.2, -0.15) is 0 Å². The molecule has 6 heteroatoms. The van der Waals surface area contributed by atoms with Crippen LogP contribution in [0.2, 0.25) is 0 Å². The minimum atomic E-state index is -0.651. The highest BCUT2D eigenvalue weighted by Gasteiger charge is 2.34. The minimum Gasteiger partial charge on any atom is -0.388 e. The molecule has 0 spiro atoms. The van der Waals surface area contributed by atoms with Gasteiger partial charge < -0.3 is 20.6 Å². The predicted octanol–water partition coefficient (Wildman–Crippen LogP) is 2.98. The second-order valence-electron chi connectivity index (χ2n) is 7.68. The van der Waals surface area contributed by atoms with Crippen molar-refractivity contribution in [3.8, 4) is 0 Å². The lowest BCUT2D eigenvalue weighted by molar-refractivity contribution is 0.0306. The average molecular weight is 466 g/mol. The summed E-state index contributed by atoms with van der Waals surface area (Å²) in [5, 5.41) is 17.6. The number of aliphatic imine (C=N–C) groups is 1. The summed E-state index contributed by atoms with van der Waals surface area (Å²) >= 11 is 0. The van der Waals surface area contributed by atoms with Crippen LogP contribution < -0.4 is 10.6 Å². The Morgan fingerprint density at radius 3 is 2.36 bits per heavy atom. The third-order valence-electron chi connectivity index (χ3n) is 5.25. The van der Waals surface area contributed by atoms with Crippen LogP contribution in [-0.4, -0.2) is 60.3 Å². The van der Waals surface area contributed by atoms with Gasteiger partial charge in [0.2, 0.25) is 0 Å². The number of nitrogens with zero attached hydrogens (tertiary/aromatic N) is 2. The molecule has 0 aromatic carbocycles. The number of guanidine groups is 1. The molecule has 1 heterocycles. The first-order valence-electron chi connectivity index (χ1n) is 10.1. The highest BCUT2D eigenvalue weighted by Crippen LogP contribution is 2.31. The SMILES string of the molecule is CCCC(O)(CCC)CN=C(NCC)NCC1CCN(C2CC2)C1.I. The van der Waals surface area contributed by atoms with Crippen LogP contribution in [0.5, 0.6) is 0 Å². The Kier molecular flexibility index (Phi) is 10.6. The van der Waals surface area contributed by atoms with Gasteiger partial charge in [-0.1, -0.05) is 26.7 Å². The van der Waals surface area contributed by atoms with E-state index in [1.54, 1.807) is 0 Å². The van der Waals surface area contributed by atoms with Gasteiger partial charge in [-0.15, -0.1) is 24.0 Å². The Morgan fingerprint density at radius 2 is 1.80 bits per heavy atom. The summed E-state index contributed by atoms with van der Waals surface area (Å²) in [4.78, 5) is 7.33. The van der Waals surface area contributed by atoms with E-state index in [1.165, 1.54) is 32.4 Å². The van der Waals surface area contributed by atoms with Crippen molar-refractivity contribution in [2.24, 2.45) is 10.9 Å². The van der Waals surface area contributed by atoms with Crippen molar-refractivity contribution in [2.75, 3.05) is 32.7 Å². The van der Waals surface area contributed by atoms with E-state index in [2.05, 4.69) is 41.3 Å². The lowest BCUT2D eigenvalue weighted by atomic mass is 9.93. The zero-order valence-electron chi connectivity index (χ0n) is 16.4. The molecule has 1 saturated heterocycles. The maximum atomic E-state index is 10.7. The summed E-state index contributed by atoms with van der Waals surface area (Å²) in [6.07, 6.45) is 7.73. The molecule has 148 valence electrons. The van der Waals surface area contributed by atoms with Gasteiger partial charge in [0.15, 0.2) is 5.96 Å². The fourth-order valence-corrected chi connectivity index (χ4v) is 3.82. The van der Waals surface area contributed by atoms with Gasteiger partial charge in [0.1, 0.15) is 0 Å². The van der Waals surface area contributed by atoms with Gasteiger partial charge in [-0.3, -0.25) is 4.99 Å². The van der Waals surface area contributed by atoms with E-state index in [1.807, 2.05) is 0 Å². The van der Waals surface area contributed by atoms with Gasteiger partial charge in [-0.05, 0) is 51.5 Å². The number of likely N-dealkylation sites (tertiary alicyclic amines) is 1. The highest BCUT2D eigenvalue weighted by molar-refractivity contribution is 14.0. The third-order valence-corrected chi connectivity index (χ3v) is 5.25. The molecule has 2 aliphatic rings. The molecule has 1 atom stereocenters. The molecule has 0 bridgehead atoms. The average Bonchev–Trinajstić information content (AvgIpc) is 3.29. The van der Waals surface area contributed by atoms with Crippen molar-refractivity contribution in [2.45, 2.75) is 77.4 Å². The number of hydrogen-bond acceptors (Lipinski definition) is 3. The van der Waals surface area contributed by atoms with E-state index in [0.29, 0.717) is 6.54 Å². The lowest BCUT2D eigenvalue weighted by Gasteiger charge is -2.26. The molecule has 5 nitrogen and oxygen atoms in total. The molecule has 2 fully saturated rings. The molecule has 2 rings (SSSR count). The first-order chi connectivity index (χ1) is 11.6. The van der Waals surface area contributed by atoms with Crippen molar-refractivity contribution in [1.29, 1.82) is 0 Å². The van der Waals surface area contributed by atoms with Crippen LogP contribution >= 0.6 is 24.0 Å². The molecule has 1 aliphatic heterocycles. The van der Waals surface area contributed by atoms with Crippen LogP contribution in [0, 0.1) is 5.92 Å². The van der Waals surface area contributed by atoms with Crippen molar-refractivity contribution < 1.29 is 5.11 Å². The van der Waals surface area contributed by atoms with E-state index in [4.69, 9.17) is 0 Å². The van der Waals surface area contributed by atoms with Crippen LogP contribution in [0.15, 0.2) is 4.99 Å². The molecule has 0 amide bonds. The maximum absolute atomic E-state index is 10.7. The van der Waals surface area contributed by atoms with Gasteiger partial charge in [0.05, 0.1) is 12.1 Å².